The first-order valence-corrected chi connectivity index (χ1v) is 9.25. The second-order valence-corrected chi connectivity index (χ2v) is 7.09. The highest BCUT2D eigenvalue weighted by Crippen LogP contribution is 2.41. The van der Waals surface area contributed by atoms with Crippen molar-refractivity contribution in [3.63, 3.8) is 0 Å². The van der Waals surface area contributed by atoms with E-state index in [1.165, 1.54) is 5.56 Å². The van der Waals surface area contributed by atoms with Crippen molar-refractivity contribution in [1.82, 2.24) is 0 Å². The number of hydrogen-bond donors (Lipinski definition) is 0. The lowest BCUT2D eigenvalue weighted by Crippen LogP contribution is -2.04. The molecule has 134 valence electrons. The average molecular weight is 354 g/mol. The number of aryl methyl sites for hydroxylation is 2. The lowest BCUT2D eigenvalue weighted by Gasteiger charge is -2.13. The maximum absolute atomic E-state index is 13.2. The largest absolute Gasteiger partial charge is 0.484 e. The standard InChI is InChI=1S/C25H22O2/c1-17-8-12-20(13-9-17)24(26)22-16-23(19-6-4-3-5-7-19)27-25(22)21-14-10-18(2)11-15-21/h3-15,23H,16H2,1-2H3. The van der Waals surface area contributed by atoms with Gasteiger partial charge < -0.3 is 4.74 Å². The molecular weight excluding hydrogens is 332 g/mol. The zero-order chi connectivity index (χ0) is 18.8. The van der Waals surface area contributed by atoms with Crippen LogP contribution in [-0.2, 0) is 4.74 Å². The molecule has 0 fully saturated rings. The van der Waals surface area contributed by atoms with Gasteiger partial charge in [0.05, 0.1) is 0 Å². The van der Waals surface area contributed by atoms with Crippen LogP contribution in [0.25, 0.3) is 5.76 Å². The summed E-state index contributed by atoms with van der Waals surface area (Å²) in [5.74, 6) is 0.749. The minimum absolute atomic E-state index is 0.0454. The topological polar surface area (TPSA) is 26.3 Å². The van der Waals surface area contributed by atoms with Crippen LogP contribution < -0.4 is 0 Å². The lowest BCUT2D eigenvalue weighted by molar-refractivity contribution is 0.103. The van der Waals surface area contributed by atoms with Crippen molar-refractivity contribution in [2.75, 3.05) is 0 Å². The van der Waals surface area contributed by atoms with Crippen molar-refractivity contribution < 1.29 is 9.53 Å². The molecular formula is C25H22O2. The van der Waals surface area contributed by atoms with Gasteiger partial charge in [-0.25, -0.2) is 0 Å². The maximum atomic E-state index is 13.2. The van der Waals surface area contributed by atoms with Crippen molar-refractivity contribution in [2.24, 2.45) is 0 Å². The Balaban J connectivity index is 1.74. The van der Waals surface area contributed by atoms with E-state index in [1.807, 2.05) is 61.5 Å². The van der Waals surface area contributed by atoms with Gasteiger partial charge in [-0.1, -0.05) is 90.0 Å². The van der Waals surface area contributed by atoms with Crippen molar-refractivity contribution in [2.45, 2.75) is 26.4 Å². The summed E-state index contributed by atoms with van der Waals surface area (Å²) in [5, 5.41) is 0. The number of ether oxygens (including phenoxy) is 1. The Labute approximate surface area is 160 Å². The molecule has 0 radical (unpaired) electrons. The molecule has 2 heteroatoms. The number of rotatable bonds is 4. The smallest absolute Gasteiger partial charge is 0.192 e. The Bertz CT molecular complexity index is 981. The molecule has 0 amide bonds. The molecule has 0 aromatic heterocycles. The molecule has 1 aliphatic heterocycles. The Kier molecular flexibility index (Phi) is 4.64. The first-order chi connectivity index (χ1) is 13.1. The lowest BCUT2D eigenvalue weighted by atomic mass is 9.95. The summed E-state index contributed by atoms with van der Waals surface area (Å²) in [6.45, 7) is 4.08. The molecule has 4 rings (SSSR count). The summed E-state index contributed by atoms with van der Waals surface area (Å²) in [4.78, 5) is 13.2. The number of Topliss-reactive ketones (excluding diaryl/α,β-unsaturated/α-hetero) is 1. The van der Waals surface area contributed by atoms with Crippen LogP contribution in [0.1, 0.15) is 45.1 Å². The van der Waals surface area contributed by atoms with Gasteiger partial charge in [-0.2, -0.15) is 0 Å². The molecule has 0 spiro atoms. The van der Waals surface area contributed by atoms with Gasteiger partial charge in [0.2, 0.25) is 0 Å². The van der Waals surface area contributed by atoms with Gasteiger partial charge in [0.25, 0.3) is 0 Å². The number of carbonyl (C=O) groups excluding carboxylic acids is 1. The summed E-state index contributed by atoms with van der Waals surface area (Å²) in [6.07, 6.45) is 0.451. The van der Waals surface area contributed by atoms with Gasteiger partial charge in [-0.15, -0.1) is 0 Å². The van der Waals surface area contributed by atoms with E-state index in [2.05, 4.69) is 31.2 Å². The molecule has 2 nitrogen and oxygen atoms in total. The number of hydrogen-bond acceptors (Lipinski definition) is 2. The molecule has 0 N–H and O–H groups in total. The summed E-state index contributed by atoms with van der Waals surface area (Å²) >= 11 is 0. The van der Waals surface area contributed by atoms with E-state index >= 15 is 0 Å². The second kappa shape index (κ2) is 7.24. The zero-order valence-corrected chi connectivity index (χ0v) is 15.6. The van der Waals surface area contributed by atoms with Crippen LogP contribution >= 0.6 is 0 Å². The molecule has 1 aliphatic rings. The van der Waals surface area contributed by atoms with E-state index in [0.29, 0.717) is 17.7 Å². The molecule has 0 saturated carbocycles. The van der Waals surface area contributed by atoms with Gasteiger partial charge in [-0.05, 0) is 19.4 Å². The molecule has 0 bridgehead atoms. The summed E-state index contributed by atoms with van der Waals surface area (Å²) in [5.41, 5.74) is 5.82. The predicted molar refractivity (Wildman–Crippen MR) is 108 cm³/mol. The Hall–Kier alpha value is -3.13. The molecule has 1 unspecified atom stereocenters. The quantitative estimate of drug-likeness (QED) is 0.532. The SMILES string of the molecule is Cc1ccc(C(=O)C2=C(c3ccc(C)cc3)OC(c3ccccc3)C2)cc1. The maximum Gasteiger partial charge on any atom is 0.192 e. The van der Waals surface area contributed by atoms with Crippen LogP contribution in [-0.4, -0.2) is 5.78 Å². The van der Waals surface area contributed by atoms with E-state index in [4.69, 9.17) is 4.74 Å². The van der Waals surface area contributed by atoms with Gasteiger partial charge in [0.15, 0.2) is 5.78 Å². The van der Waals surface area contributed by atoms with Crippen LogP contribution in [0.15, 0.2) is 84.4 Å². The Morgan fingerprint density at radius 2 is 1.41 bits per heavy atom. The Morgan fingerprint density at radius 1 is 0.815 bits per heavy atom. The highest BCUT2D eigenvalue weighted by atomic mass is 16.5. The van der Waals surface area contributed by atoms with Gasteiger partial charge in [0, 0.05) is 23.1 Å². The Morgan fingerprint density at radius 3 is 2.04 bits per heavy atom. The summed E-state index contributed by atoms with van der Waals surface area (Å²) < 4.78 is 6.31. The van der Waals surface area contributed by atoms with E-state index < -0.39 is 0 Å². The molecule has 3 aromatic carbocycles. The van der Waals surface area contributed by atoms with Crippen LogP contribution in [0.3, 0.4) is 0 Å². The average Bonchev–Trinajstić information content (AvgIpc) is 3.15. The van der Waals surface area contributed by atoms with E-state index in [1.54, 1.807) is 0 Å². The summed E-state index contributed by atoms with van der Waals surface area (Å²) in [6, 6.07) is 26.0. The van der Waals surface area contributed by atoms with Gasteiger partial charge in [-0.3, -0.25) is 4.79 Å². The van der Waals surface area contributed by atoms with E-state index in [-0.39, 0.29) is 11.9 Å². The fourth-order valence-electron chi connectivity index (χ4n) is 3.41. The highest BCUT2D eigenvalue weighted by Gasteiger charge is 2.32. The first-order valence-electron chi connectivity index (χ1n) is 9.25. The molecule has 3 aromatic rings. The normalized spacial score (nSPS) is 16.3. The predicted octanol–water partition coefficient (Wildman–Crippen LogP) is 6.06. The molecule has 1 atom stereocenters. The molecule has 1 heterocycles. The van der Waals surface area contributed by atoms with Gasteiger partial charge in [0.1, 0.15) is 11.9 Å². The molecule has 0 saturated heterocycles. The number of carbonyl (C=O) groups is 1. The third-order valence-corrected chi connectivity index (χ3v) is 5.00. The number of benzene rings is 3. The minimum atomic E-state index is -0.132. The van der Waals surface area contributed by atoms with E-state index in [9.17, 15) is 4.79 Å². The van der Waals surface area contributed by atoms with Crippen molar-refractivity contribution in [3.05, 3.63) is 112 Å². The third kappa shape index (κ3) is 3.56. The van der Waals surface area contributed by atoms with Crippen LogP contribution in [0, 0.1) is 13.8 Å². The van der Waals surface area contributed by atoms with Crippen LogP contribution in [0.4, 0.5) is 0 Å². The fraction of sp³-hybridized carbons (Fsp3) is 0.160. The molecule has 0 aliphatic carbocycles. The van der Waals surface area contributed by atoms with Crippen LogP contribution in [0.5, 0.6) is 0 Å². The van der Waals surface area contributed by atoms with Crippen molar-refractivity contribution >= 4 is 11.5 Å². The molecule has 27 heavy (non-hydrogen) atoms. The summed E-state index contributed by atoms with van der Waals surface area (Å²) in [7, 11) is 0. The minimum Gasteiger partial charge on any atom is -0.484 e. The van der Waals surface area contributed by atoms with Crippen molar-refractivity contribution in [3.8, 4) is 0 Å². The third-order valence-electron chi connectivity index (χ3n) is 5.00. The van der Waals surface area contributed by atoms with Crippen molar-refractivity contribution in [1.29, 1.82) is 0 Å². The first kappa shape index (κ1) is 17.3. The van der Waals surface area contributed by atoms with Crippen LogP contribution in [0.2, 0.25) is 0 Å². The van der Waals surface area contributed by atoms with E-state index in [0.717, 1.165) is 22.3 Å². The highest BCUT2D eigenvalue weighted by molar-refractivity contribution is 6.13. The second-order valence-electron chi connectivity index (χ2n) is 7.09. The monoisotopic (exact) mass is 354 g/mol. The number of ketones is 1. The zero-order valence-electron chi connectivity index (χ0n) is 15.6. The van der Waals surface area contributed by atoms with Gasteiger partial charge >= 0.3 is 0 Å². The fourth-order valence-corrected chi connectivity index (χ4v) is 3.41.